The van der Waals surface area contributed by atoms with Crippen molar-refractivity contribution in [3.05, 3.63) is 34.9 Å². The van der Waals surface area contributed by atoms with Crippen molar-refractivity contribution in [3.63, 3.8) is 0 Å². The lowest BCUT2D eigenvalue weighted by molar-refractivity contribution is 0.0782. The van der Waals surface area contributed by atoms with Gasteiger partial charge in [-0.3, -0.25) is 0 Å². The summed E-state index contributed by atoms with van der Waals surface area (Å²) in [6.07, 6.45) is 9.41. The Morgan fingerprint density at radius 2 is 1.73 bits per heavy atom. The van der Waals surface area contributed by atoms with Crippen molar-refractivity contribution in [1.82, 2.24) is 0 Å². The van der Waals surface area contributed by atoms with Crippen LogP contribution in [0.1, 0.15) is 89.3 Å². The third kappa shape index (κ3) is 6.67. The zero-order chi connectivity index (χ0) is 16.4. The van der Waals surface area contributed by atoms with Gasteiger partial charge in [0.2, 0.25) is 0 Å². The number of unbranched alkanes of at least 4 members (excludes halogenated alkanes) is 5. The van der Waals surface area contributed by atoms with Gasteiger partial charge in [-0.2, -0.15) is 0 Å². The average Bonchev–Trinajstić information content (AvgIpc) is 2.48. The Kier molecular flexibility index (Phi) is 8.28. The first-order chi connectivity index (χ1) is 10.5. The van der Waals surface area contributed by atoms with E-state index in [1.54, 1.807) is 0 Å². The second-order valence-corrected chi connectivity index (χ2v) is 6.65. The van der Waals surface area contributed by atoms with Gasteiger partial charge in [0.25, 0.3) is 0 Å². The highest BCUT2D eigenvalue weighted by Gasteiger charge is 2.19. The molecule has 0 heterocycles. The third-order valence-corrected chi connectivity index (χ3v) is 3.94. The molecule has 1 aromatic carbocycles. The van der Waals surface area contributed by atoms with Crippen molar-refractivity contribution in [2.24, 2.45) is 0 Å². The smallest absolute Gasteiger partial charge is 0.0852 e. The first kappa shape index (κ1) is 18.8. The van der Waals surface area contributed by atoms with Crippen LogP contribution in [0.2, 0.25) is 0 Å². The highest BCUT2D eigenvalue weighted by molar-refractivity contribution is 5.46. The average molecular weight is 300 g/mol. The van der Waals surface area contributed by atoms with Gasteiger partial charge in [-0.25, -0.2) is 0 Å². The predicted octanol–water partition coefficient (Wildman–Crippen LogP) is 5.58. The summed E-state index contributed by atoms with van der Waals surface area (Å²) in [6.45, 7) is 8.11. The van der Waals surface area contributed by atoms with Crippen LogP contribution in [-0.2, 0) is 12.0 Å². The molecule has 0 fully saturated rings. The quantitative estimate of drug-likeness (QED) is 0.491. The van der Waals surface area contributed by atoms with Gasteiger partial charge in [-0.1, -0.05) is 63.5 Å². The second-order valence-electron chi connectivity index (χ2n) is 6.65. The number of hydrogen-bond acceptors (Lipinski definition) is 1. The van der Waals surface area contributed by atoms with Gasteiger partial charge in [-0.05, 0) is 50.3 Å². The minimum absolute atomic E-state index is 0.839. The minimum Gasteiger partial charge on any atom is -0.386 e. The monoisotopic (exact) mass is 300 g/mol. The van der Waals surface area contributed by atoms with Crippen molar-refractivity contribution in [1.29, 1.82) is 0 Å². The van der Waals surface area contributed by atoms with Crippen molar-refractivity contribution in [2.45, 2.75) is 84.7 Å². The van der Waals surface area contributed by atoms with Crippen LogP contribution in [0.3, 0.4) is 0 Å². The molecule has 22 heavy (non-hydrogen) atoms. The fourth-order valence-corrected chi connectivity index (χ4v) is 2.54. The molecule has 0 spiro atoms. The lowest BCUT2D eigenvalue weighted by Gasteiger charge is -2.21. The zero-order valence-electron chi connectivity index (χ0n) is 14.8. The maximum absolute atomic E-state index is 10.4. The van der Waals surface area contributed by atoms with Crippen LogP contribution in [0, 0.1) is 11.8 Å². The number of benzene rings is 1. The highest BCUT2D eigenvalue weighted by Crippen LogP contribution is 2.25. The molecule has 0 saturated heterocycles. The lowest BCUT2D eigenvalue weighted by Crippen LogP contribution is -2.17. The van der Waals surface area contributed by atoms with E-state index in [9.17, 15) is 5.11 Å². The first-order valence-electron chi connectivity index (χ1n) is 8.83. The molecule has 1 nitrogen and oxygen atoms in total. The summed E-state index contributed by atoms with van der Waals surface area (Å²) >= 11 is 0. The number of aryl methyl sites for hydroxylation is 1. The Morgan fingerprint density at radius 3 is 2.36 bits per heavy atom. The van der Waals surface area contributed by atoms with Crippen LogP contribution < -0.4 is 0 Å². The number of rotatable bonds is 8. The minimum atomic E-state index is -0.839. The van der Waals surface area contributed by atoms with Gasteiger partial charge in [0.15, 0.2) is 0 Å². The SMILES string of the molecule is CCCCC#Cc1ccc(CCCCCC)cc1C(C)(C)O. The molecule has 122 valence electrons. The number of aliphatic hydroxyl groups is 1. The summed E-state index contributed by atoms with van der Waals surface area (Å²) in [6, 6.07) is 6.40. The summed E-state index contributed by atoms with van der Waals surface area (Å²) in [7, 11) is 0. The van der Waals surface area contributed by atoms with E-state index < -0.39 is 5.60 Å². The van der Waals surface area contributed by atoms with Crippen molar-refractivity contribution < 1.29 is 5.11 Å². The summed E-state index contributed by atoms with van der Waals surface area (Å²) in [5, 5.41) is 10.4. The van der Waals surface area contributed by atoms with Gasteiger partial charge >= 0.3 is 0 Å². The topological polar surface area (TPSA) is 20.2 Å². The fraction of sp³-hybridized carbons (Fsp3) is 0.619. The molecule has 1 heteroatoms. The summed E-state index contributed by atoms with van der Waals surface area (Å²) < 4.78 is 0. The molecule has 1 aromatic rings. The highest BCUT2D eigenvalue weighted by atomic mass is 16.3. The molecule has 0 atom stereocenters. The van der Waals surface area contributed by atoms with E-state index in [-0.39, 0.29) is 0 Å². The predicted molar refractivity (Wildman–Crippen MR) is 95.9 cm³/mol. The van der Waals surface area contributed by atoms with Crippen LogP contribution in [0.4, 0.5) is 0 Å². The van der Waals surface area contributed by atoms with Crippen LogP contribution in [-0.4, -0.2) is 5.11 Å². The molecule has 1 rings (SSSR count). The largest absolute Gasteiger partial charge is 0.386 e. The summed E-state index contributed by atoms with van der Waals surface area (Å²) in [5.41, 5.74) is 2.41. The standard InChI is InChI=1S/C21H32O/c1-5-7-9-11-13-18-15-16-19(14-12-10-8-6-2)20(17-18)21(3,4)22/h15-17,22H,5-11,13H2,1-4H3. The maximum atomic E-state index is 10.4. The van der Waals surface area contributed by atoms with E-state index >= 15 is 0 Å². The summed E-state index contributed by atoms with van der Waals surface area (Å²) in [4.78, 5) is 0. The van der Waals surface area contributed by atoms with E-state index in [1.807, 2.05) is 13.8 Å². The van der Waals surface area contributed by atoms with Crippen LogP contribution in [0.15, 0.2) is 18.2 Å². The molecule has 0 aliphatic carbocycles. The van der Waals surface area contributed by atoms with Crippen LogP contribution in [0.25, 0.3) is 0 Å². The molecule has 0 saturated carbocycles. The molecular formula is C21H32O. The van der Waals surface area contributed by atoms with Crippen LogP contribution >= 0.6 is 0 Å². The molecule has 0 radical (unpaired) electrons. The molecular weight excluding hydrogens is 268 g/mol. The maximum Gasteiger partial charge on any atom is 0.0852 e. The third-order valence-electron chi connectivity index (χ3n) is 3.94. The van der Waals surface area contributed by atoms with E-state index in [0.29, 0.717) is 0 Å². The van der Waals surface area contributed by atoms with Crippen molar-refractivity contribution in [2.75, 3.05) is 0 Å². The first-order valence-corrected chi connectivity index (χ1v) is 8.83. The Hall–Kier alpha value is -1.26. The lowest BCUT2D eigenvalue weighted by atomic mass is 9.90. The molecule has 0 aromatic heterocycles. The van der Waals surface area contributed by atoms with Crippen LogP contribution in [0.5, 0.6) is 0 Å². The Bertz CT molecular complexity index is 497. The van der Waals surface area contributed by atoms with E-state index in [1.165, 1.54) is 37.7 Å². The van der Waals surface area contributed by atoms with Gasteiger partial charge in [0.1, 0.15) is 0 Å². The second kappa shape index (κ2) is 9.70. The number of hydrogen-bond donors (Lipinski definition) is 1. The fourth-order valence-electron chi connectivity index (χ4n) is 2.54. The van der Waals surface area contributed by atoms with Gasteiger partial charge in [0.05, 0.1) is 5.60 Å². The molecule has 0 bridgehead atoms. The molecule has 0 unspecified atom stereocenters. The normalized spacial score (nSPS) is 11.1. The zero-order valence-corrected chi connectivity index (χ0v) is 14.8. The van der Waals surface area contributed by atoms with E-state index in [0.717, 1.165) is 30.4 Å². The Labute approximate surface area is 137 Å². The molecule has 0 aliphatic rings. The Morgan fingerprint density at radius 1 is 1.00 bits per heavy atom. The van der Waals surface area contributed by atoms with Gasteiger partial charge in [-0.15, -0.1) is 0 Å². The summed E-state index contributed by atoms with van der Waals surface area (Å²) in [5.74, 6) is 6.48. The van der Waals surface area contributed by atoms with E-state index in [2.05, 4.69) is 43.9 Å². The molecule has 0 amide bonds. The Balaban J connectivity index is 2.86. The molecule has 0 aliphatic heterocycles. The van der Waals surface area contributed by atoms with E-state index in [4.69, 9.17) is 0 Å². The van der Waals surface area contributed by atoms with Crippen molar-refractivity contribution >= 4 is 0 Å². The molecule has 1 N–H and O–H groups in total. The van der Waals surface area contributed by atoms with Crippen molar-refractivity contribution in [3.8, 4) is 11.8 Å². The van der Waals surface area contributed by atoms with Gasteiger partial charge < -0.3 is 5.11 Å². The van der Waals surface area contributed by atoms with Gasteiger partial charge in [0, 0.05) is 12.0 Å².